The summed E-state index contributed by atoms with van der Waals surface area (Å²) < 4.78 is 0. The fraction of sp³-hybridized carbons (Fsp3) is 0. The minimum absolute atomic E-state index is 0.958. The van der Waals surface area contributed by atoms with Crippen molar-refractivity contribution in [2.75, 3.05) is 5.32 Å². The van der Waals surface area contributed by atoms with E-state index in [0.717, 1.165) is 55.2 Å². The van der Waals surface area contributed by atoms with E-state index in [-0.39, 0.29) is 0 Å². The summed E-state index contributed by atoms with van der Waals surface area (Å²) >= 11 is 5.08. The van der Waals surface area contributed by atoms with Gasteiger partial charge >= 0.3 is 0 Å². The standard InChI is InChI=1S/C38H29NS/c1-2-27-12-9-19-33(24-27)39-37-26-32(22-23-34(37)29-15-7-4-8-16-29)36-21-11-20-35(38(36)40)31-18-10-17-30(25-31)28-13-5-3-6-14-28/h2-26,39-40H,1H2. The first-order valence-corrected chi connectivity index (χ1v) is 13.8. The van der Waals surface area contributed by atoms with Crippen LogP contribution in [0.3, 0.4) is 0 Å². The van der Waals surface area contributed by atoms with Crippen molar-refractivity contribution < 1.29 is 0 Å². The van der Waals surface area contributed by atoms with Crippen LogP contribution in [-0.4, -0.2) is 0 Å². The summed E-state index contributed by atoms with van der Waals surface area (Å²) in [6.07, 6.45) is 1.87. The van der Waals surface area contributed by atoms with Crippen molar-refractivity contribution >= 4 is 30.1 Å². The average molecular weight is 532 g/mol. The summed E-state index contributed by atoms with van der Waals surface area (Å²) in [6, 6.07) is 50.9. The Morgan fingerprint density at radius 3 is 1.80 bits per heavy atom. The molecule has 0 bridgehead atoms. The minimum atomic E-state index is 0.958. The van der Waals surface area contributed by atoms with Crippen molar-refractivity contribution in [2.24, 2.45) is 0 Å². The number of benzene rings is 6. The van der Waals surface area contributed by atoms with Crippen LogP contribution in [0, 0.1) is 0 Å². The highest BCUT2D eigenvalue weighted by molar-refractivity contribution is 7.80. The van der Waals surface area contributed by atoms with Crippen LogP contribution in [0.2, 0.25) is 0 Å². The third-order valence-electron chi connectivity index (χ3n) is 7.13. The molecule has 1 N–H and O–H groups in total. The molecule has 0 saturated carbocycles. The molecule has 40 heavy (non-hydrogen) atoms. The predicted molar refractivity (Wildman–Crippen MR) is 175 cm³/mol. The maximum atomic E-state index is 5.08. The molecule has 6 aromatic rings. The average Bonchev–Trinajstić information content (AvgIpc) is 3.02. The number of hydrogen-bond acceptors (Lipinski definition) is 2. The van der Waals surface area contributed by atoms with Gasteiger partial charge in [0, 0.05) is 21.8 Å². The zero-order valence-electron chi connectivity index (χ0n) is 22.1. The Hall–Kier alpha value is -4.79. The van der Waals surface area contributed by atoms with Gasteiger partial charge in [0.25, 0.3) is 0 Å². The monoisotopic (exact) mass is 531 g/mol. The number of anilines is 2. The molecule has 192 valence electrons. The molecule has 0 saturated heterocycles. The minimum Gasteiger partial charge on any atom is -0.355 e. The fourth-order valence-corrected chi connectivity index (χ4v) is 5.50. The van der Waals surface area contributed by atoms with E-state index >= 15 is 0 Å². The Morgan fingerprint density at radius 1 is 0.475 bits per heavy atom. The molecule has 6 rings (SSSR count). The smallest absolute Gasteiger partial charge is 0.0470 e. The number of nitrogens with one attached hydrogen (secondary N) is 1. The Balaban J connectivity index is 1.43. The van der Waals surface area contributed by atoms with Crippen LogP contribution in [0.25, 0.3) is 50.6 Å². The summed E-state index contributed by atoms with van der Waals surface area (Å²) in [6.45, 7) is 3.93. The second-order valence-electron chi connectivity index (χ2n) is 9.73. The molecule has 0 aliphatic heterocycles. The lowest BCUT2D eigenvalue weighted by molar-refractivity contribution is 1.43. The lowest BCUT2D eigenvalue weighted by Crippen LogP contribution is -1.95. The molecule has 0 aliphatic rings. The molecular formula is C38H29NS. The maximum Gasteiger partial charge on any atom is 0.0470 e. The topological polar surface area (TPSA) is 12.0 Å². The third kappa shape index (κ3) is 5.36. The molecule has 0 radical (unpaired) electrons. The SMILES string of the molecule is C=Cc1cccc(Nc2cc(-c3cccc(-c4cccc(-c5ccccc5)c4)c3S)ccc2-c2ccccc2)c1. The molecular weight excluding hydrogens is 502 g/mol. The van der Waals surface area contributed by atoms with Crippen LogP contribution in [0.1, 0.15) is 5.56 Å². The quantitative estimate of drug-likeness (QED) is 0.195. The van der Waals surface area contributed by atoms with Gasteiger partial charge in [-0.2, -0.15) is 0 Å². The Labute approximate surface area is 241 Å². The molecule has 0 aliphatic carbocycles. The Kier molecular flexibility index (Phi) is 7.34. The molecule has 0 fully saturated rings. The van der Waals surface area contributed by atoms with Gasteiger partial charge in [0.2, 0.25) is 0 Å². The Morgan fingerprint density at radius 2 is 1.07 bits per heavy atom. The van der Waals surface area contributed by atoms with Crippen molar-refractivity contribution in [2.45, 2.75) is 4.90 Å². The second kappa shape index (κ2) is 11.5. The van der Waals surface area contributed by atoms with Crippen LogP contribution < -0.4 is 5.32 Å². The van der Waals surface area contributed by atoms with E-state index in [1.807, 2.05) is 24.3 Å². The van der Waals surface area contributed by atoms with Gasteiger partial charge in [-0.3, -0.25) is 0 Å². The van der Waals surface area contributed by atoms with E-state index in [0.29, 0.717) is 0 Å². The van der Waals surface area contributed by atoms with E-state index in [1.54, 1.807) is 0 Å². The molecule has 1 nitrogen and oxygen atoms in total. The summed E-state index contributed by atoms with van der Waals surface area (Å²) in [5, 5.41) is 3.67. The summed E-state index contributed by atoms with van der Waals surface area (Å²) in [4.78, 5) is 0.958. The zero-order valence-corrected chi connectivity index (χ0v) is 23.0. The molecule has 2 heteroatoms. The van der Waals surface area contributed by atoms with E-state index in [1.165, 1.54) is 11.1 Å². The van der Waals surface area contributed by atoms with Crippen LogP contribution in [0.5, 0.6) is 0 Å². The van der Waals surface area contributed by atoms with Crippen molar-refractivity contribution in [3.05, 3.63) is 158 Å². The van der Waals surface area contributed by atoms with Gasteiger partial charge in [-0.05, 0) is 68.8 Å². The van der Waals surface area contributed by atoms with Crippen LogP contribution in [0.15, 0.2) is 157 Å². The number of hydrogen-bond donors (Lipinski definition) is 2. The fourth-order valence-electron chi connectivity index (χ4n) is 5.09. The van der Waals surface area contributed by atoms with Gasteiger partial charge in [0.05, 0.1) is 0 Å². The molecule has 0 unspecified atom stereocenters. The van der Waals surface area contributed by atoms with Gasteiger partial charge < -0.3 is 5.32 Å². The molecule has 0 aromatic heterocycles. The van der Waals surface area contributed by atoms with Gasteiger partial charge in [0.15, 0.2) is 0 Å². The molecule has 0 spiro atoms. The molecule has 0 atom stereocenters. The zero-order chi connectivity index (χ0) is 27.3. The van der Waals surface area contributed by atoms with Crippen molar-refractivity contribution in [1.29, 1.82) is 0 Å². The third-order valence-corrected chi connectivity index (χ3v) is 7.62. The summed E-state index contributed by atoms with van der Waals surface area (Å²) in [7, 11) is 0. The van der Waals surface area contributed by atoms with Gasteiger partial charge in [0.1, 0.15) is 0 Å². The first-order valence-electron chi connectivity index (χ1n) is 13.4. The van der Waals surface area contributed by atoms with E-state index in [2.05, 4.69) is 139 Å². The lowest BCUT2D eigenvalue weighted by atomic mass is 9.94. The maximum absolute atomic E-state index is 5.08. The first kappa shape index (κ1) is 25.5. The highest BCUT2D eigenvalue weighted by atomic mass is 32.1. The summed E-state index contributed by atoms with van der Waals surface area (Å²) in [5.41, 5.74) is 12.3. The van der Waals surface area contributed by atoms with Crippen LogP contribution >= 0.6 is 12.6 Å². The van der Waals surface area contributed by atoms with Crippen molar-refractivity contribution in [3.8, 4) is 44.5 Å². The molecule has 6 aromatic carbocycles. The highest BCUT2D eigenvalue weighted by Crippen LogP contribution is 2.40. The van der Waals surface area contributed by atoms with Crippen LogP contribution in [0.4, 0.5) is 11.4 Å². The highest BCUT2D eigenvalue weighted by Gasteiger charge is 2.13. The number of rotatable bonds is 7. The van der Waals surface area contributed by atoms with Crippen molar-refractivity contribution in [1.82, 2.24) is 0 Å². The van der Waals surface area contributed by atoms with Crippen molar-refractivity contribution in [3.63, 3.8) is 0 Å². The van der Waals surface area contributed by atoms with Gasteiger partial charge in [-0.25, -0.2) is 0 Å². The second-order valence-corrected chi connectivity index (χ2v) is 10.2. The largest absolute Gasteiger partial charge is 0.355 e. The Bertz CT molecular complexity index is 1790. The van der Waals surface area contributed by atoms with Gasteiger partial charge in [-0.1, -0.05) is 134 Å². The first-order chi connectivity index (χ1) is 19.7. The molecule has 0 heterocycles. The van der Waals surface area contributed by atoms with E-state index in [4.69, 9.17) is 12.6 Å². The summed E-state index contributed by atoms with van der Waals surface area (Å²) in [5.74, 6) is 0. The number of thiol groups is 1. The lowest BCUT2D eigenvalue weighted by Gasteiger charge is -2.17. The van der Waals surface area contributed by atoms with Crippen LogP contribution in [-0.2, 0) is 0 Å². The van der Waals surface area contributed by atoms with Gasteiger partial charge in [-0.15, -0.1) is 12.6 Å². The molecule has 0 amide bonds. The predicted octanol–water partition coefficient (Wildman–Crippen LogP) is 11.0. The van der Waals surface area contributed by atoms with E-state index in [9.17, 15) is 0 Å². The van der Waals surface area contributed by atoms with E-state index < -0.39 is 0 Å². The normalized spacial score (nSPS) is 10.7.